The summed E-state index contributed by atoms with van der Waals surface area (Å²) in [6, 6.07) is 7.00. The zero-order valence-electron chi connectivity index (χ0n) is 19.7. The molecule has 10 nitrogen and oxygen atoms in total. The summed E-state index contributed by atoms with van der Waals surface area (Å²) in [6.45, 7) is 0. The number of benzene rings is 1. The van der Waals surface area contributed by atoms with E-state index >= 15 is 4.39 Å². The molecule has 4 heterocycles. The fraction of sp³-hybridized carbons (Fsp3) is 0.200. The minimum atomic E-state index is -0.696. The molecule has 0 amide bonds. The standard InChI is InChI=1S/C25H20ClF2N9O/c26-18-4-6-21(36-13-31-33-34-36)24(25(18)28)15-3-5-20(37(38)12-15)22(7-14-1-2-14)35-11-16(9-32-35)17-10-30-23(29)8-19(17)27/h3-6,8-14,22H,1-2,7H2,(H2,29,30). The van der Waals surface area contributed by atoms with Crippen LogP contribution in [0.3, 0.4) is 0 Å². The van der Waals surface area contributed by atoms with Gasteiger partial charge in [-0.3, -0.25) is 4.68 Å². The molecule has 0 aliphatic heterocycles. The smallest absolute Gasteiger partial charge is 0.217 e. The van der Waals surface area contributed by atoms with Gasteiger partial charge in [0.25, 0.3) is 0 Å². The molecule has 0 saturated heterocycles. The Labute approximate surface area is 219 Å². The Morgan fingerprint density at radius 1 is 1.16 bits per heavy atom. The summed E-state index contributed by atoms with van der Waals surface area (Å²) in [6.07, 6.45) is 9.97. The normalized spacial score (nSPS) is 14.1. The minimum absolute atomic E-state index is 0.0807. The zero-order chi connectivity index (χ0) is 26.4. The first-order chi connectivity index (χ1) is 18.4. The number of nitrogen functional groups attached to an aromatic ring is 1. The Kier molecular flexibility index (Phi) is 5.95. The van der Waals surface area contributed by atoms with Gasteiger partial charge in [-0.1, -0.05) is 24.4 Å². The van der Waals surface area contributed by atoms with E-state index in [4.69, 9.17) is 17.3 Å². The maximum Gasteiger partial charge on any atom is 0.217 e. The molecule has 1 aliphatic carbocycles. The van der Waals surface area contributed by atoms with Crippen LogP contribution in [0, 0.1) is 22.8 Å². The van der Waals surface area contributed by atoms with Crippen LogP contribution in [0.1, 0.15) is 31.0 Å². The van der Waals surface area contributed by atoms with Gasteiger partial charge in [-0.2, -0.15) is 14.5 Å². The average molecular weight is 536 g/mol. The van der Waals surface area contributed by atoms with E-state index < -0.39 is 17.7 Å². The fourth-order valence-electron chi connectivity index (χ4n) is 4.52. The molecular weight excluding hydrogens is 516 g/mol. The van der Waals surface area contributed by atoms with Crippen molar-refractivity contribution >= 4 is 17.4 Å². The Morgan fingerprint density at radius 3 is 2.71 bits per heavy atom. The lowest BCUT2D eigenvalue weighted by atomic mass is 10.0. The molecule has 4 aromatic heterocycles. The first-order valence-electron chi connectivity index (χ1n) is 11.8. The van der Waals surface area contributed by atoms with E-state index in [1.54, 1.807) is 29.1 Å². The number of hydrogen-bond acceptors (Lipinski definition) is 7. The van der Waals surface area contributed by atoms with E-state index in [-0.39, 0.29) is 22.0 Å². The quantitative estimate of drug-likeness (QED) is 0.245. The molecule has 1 aromatic carbocycles. The highest BCUT2D eigenvalue weighted by Gasteiger charge is 2.32. The monoisotopic (exact) mass is 535 g/mol. The van der Waals surface area contributed by atoms with Gasteiger partial charge in [0.1, 0.15) is 24.0 Å². The molecule has 13 heteroatoms. The summed E-state index contributed by atoms with van der Waals surface area (Å²) < 4.78 is 33.4. The number of hydrogen-bond donors (Lipinski definition) is 1. The third-order valence-corrected chi connectivity index (χ3v) is 6.90. The van der Waals surface area contributed by atoms with Gasteiger partial charge in [0.05, 0.1) is 28.0 Å². The van der Waals surface area contributed by atoms with Crippen LogP contribution in [0.15, 0.2) is 61.4 Å². The molecule has 0 bridgehead atoms. The van der Waals surface area contributed by atoms with Gasteiger partial charge in [0.15, 0.2) is 12.0 Å². The number of tetrazole rings is 1. The van der Waals surface area contributed by atoms with Crippen molar-refractivity contribution in [3.05, 3.63) is 89.0 Å². The highest BCUT2D eigenvalue weighted by molar-refractivity contribution is 6.31. The zero-order valence-corrected chi connectivity index (χ0v) is 20.5. The van der Waals surface area contributed by atoms with Gasteiger partial charge in [-0.05, 0) is 41.0 Å². The van der Waals surface area contributed by atoms with E-state index in [1.165, 1.54) is 35.7 Å². The Morgan fingerprint density at radius 2 is 2.00 bits per heavy atom. The Balaban J connectivity index is 1.40. The summed E-state index contributed by atoms with van der Waals surface area (Å²) in [5.41, 5.74) is 7.47. The number of pyridine rings is 2. The van der Waals surface area contributed by atoms with Gasteiger partial charge in [-0.25, -0.2) is 13.8 Å². The lowest BCUT2D eigenvalue weighted by molar-refractivity contribution is -0.615. The third-order valence-electron chi connectivity index (χ3n) is 6.60. The number of anilines is 1. The highest BCUT2D eigenvalue weighted by atomic mass is 35.5. The number of aromatic nitrogens is 8. The predicted octanol–water partition coefficient (Wildman–Crippen LogP) is 4.12. The molecule has 2 N–H and O–H groups in total. The molecule has 0 radical (unpaired) electrons. The second-order valence-electron chi connectivity index (χ2n) is 9.17. The molecule has 1 fully saturated rings. The van der Waals surface area contributed by atoms with Gasteiger partial charge < -0.3 is 10.9 Å². The van der Waals surface area contributed by atoms with E-state index in [2.05, 4.69) is 25.6 Å². The van der Waals surface area contributed by atoms with E-state index in [9.17, 15) is 9.60 Å². The number of nitrogens with zero attached hydrogens (tertiary/aromatic N) is 8. The van der Waals surface area contributed by atoms with Crippen LogP contribution in [0.2, 0.25) is 5.02 Å². The molecule has 1 aliphatic rings. The number of rotatable bonds is 7. The second kappa shape index (κ2) is 9.45. The summed E-state index contributed by atoms with van der Waals surface area (Å²) in [5.74, 6) is -0.685. The molecule has 6 rings (SSSR count). The van der Waals surface area contributed by atoms with Crippen molar-refractivity contribution in [2.24, 2.45) is 5.92 Å². The second-order valence-corrected chi connectivity index (χ2v) is 9.58. The molecule has 0 spiro atoms. The average Bonchev–Trinajstić information content (AvgIpc) is 3.33. The van der Waals surface area contributed by atoms with Crippen LogP contribution < -0.4 is 10.5 Å². The summed E-state index contributed by atoms with van der Waals surface area (Å²) >= 11 is 6.06. The summed E-state index contributed by atoms with van der Waals surface area (Å²) in [7, 11) is 0. The maximum absolute atomic E-state index is 15.2. The largest absolute Gasteiger partial charge is 0.618 e. The number of halogens is 3. The maximum atomic E-state index is 15.2. The van der Waals surface area contributed by atoms with Gasteiger partial charge in [-0.15, -0.1) is 5.10 Å². The van der Waals surface area contributed by atoms with Crippen LogP contribution in [-0.4, -0.2) is 35.0 Å². The van der Waals surface area contributed by atoms with Crippen molar-refractivity contribution in [2.75, 3.05) is 5.73 Å². The Hall–Kier alpha value is -4.45. The van der Waals surface area contributed by atoms with Crippen LogP contribution in [0.25, 0.3) is 27.9 Å². The van der Waals surface area contributed by atoms with Crippen LogP contribution in [-0.2, 0) is 0 Å². The number of nitrogens with two attached hydrogens (primary N) is 1. The van der Waals surface area contributed by atoms with Crippen molar-refractivity contribution in [2.45, 2.75) is 25.3 Å². The van der Waals surface area contributed by atoms with E-state index in [1.807, 2.05) is 0 Å². The first kappa shape index (κ1) is 23.9. The van der Waals surface area contributed by atoms with Crippen molar-refractivity contribution in [3.8, 4) is 27.9 Å². The molecule has 1 saturated carbocycles. The van der Waals surface area contributed by atoms with Crippen molar-refractivity contribution < 1.29 is 13.5 Å². The van der Waals surface area contributed by atoms with E-state index in [0.29, 0.717) is 39.6 Å². The predicted molar refractivity (Wildman–Crippen MR) is 134 cm³/mol. The fourth-order valence-corrected chi connectivity index (χ4v) is 4.67. The van der Waals surface area contributed by atoms with Gasteiger partial charge in [0.2, 0.25) is 5.69 Å². The lowest BCUT2D eigenvalue weighted by Crippen LogP contribution is -2.35. The minimum Gasteiger partial charge on any atom is -0.618 e. The Bertz CT molecular complexity index is 1640. The molecule has 192 valence electrons. The van der Waals surface area contributed by atoms with Crippen molar-refractivity contribution in [3.63, 3.8) is 0 Å². The van der Waals surface area contributed by atoms with Crippen molar-refractivity contribution in [1.82, 2.24) is 35.0 Å². The summed E-state index contributed by atoms with van der Waals surface area (Å²) in [5, 5.41) is 28.8. The molecule has 38 heavy (non-hydrogen) atoms. The van der Waals surface area contributed by atoms with Crippen LogP contribution in [0.4, 0.5) is 14.6 Å². The topological polar surface area (TPSA) is 127 Å². The SMILES string of the molecule is Nc1cc(F)c(-c2cnn(C(CC3CC3)c3ccc(-c4c(-n5cnnn5)ccc(Cl)c4F)c[n+]3[O-])c2)cn1. The highest BCUT2D eigenvalue weighted by Crippen LogP contribution is 2.39. The summed E-state index contributed by atoms with van der Waals surface area (Å²) in [4.78, 5) is 3.97. The van der Waals surface area contributed by atoms with Crippen LogP contribution in [0.5, 0.6) is 0 Å². The van der Waals surface area contributed by atoms with Crippen LogP contribution >= 0.6 is 11.6 Å². The molecule has 1 atom stereocenters. The molecular formula is C25H20ClF2N9O. The first-order valence-corrected chi connectivity index (χ1v) is 12.2. The lowest BCUT2D eigenvalue weighted by Gasteiger charge is -2.18. The molecule has 5 aromatic rings. The third kappa shape index (κ3) is 4.43. The van der Waals surface area contributed by atoms with E-state index in [0.717, 1.165) is 18.9 Å². The van der Waals surface area contributed by atoms with Gasteiger partial charge >= 0.3 is 0 Å². The van der Waals surface area contributed by atoms with Crippen molar-refractivity contribution in [1.29, 1.82) is 0 Å². The van der Waals surface area contributed by atoms with Gasteiger partial charge in [0, 0.05) is 35.7 Å². The molecule has 1 unspecified atom stereocenters.